The number of nitrogens with zero attached hydrogens (tertiary/aromatic N) is 4. The number of nitro groups is 1. The van der Waals surface area contributed by atoms with Crippen LogP contribution < -0.4 is 5.32 Å². The zero-order chi connectivity index (χ0) is 14.7. The molecule has 0 bridgehead atoms. The van der Waals surface area contributed by atoms with E-state index in [4.69, 9.17) is 0 Å². The van der Waals surface area contributed by atoms with Crippen molar-refractivity contribution in [3.05, 3.63) is 38.0 Å². The molecule has 0 amide bonds. The summed E-state index contributed by atoms with van der Waals surface area (Å²) in [7, 11) is 0. The van der Waals surface area contributed by atoms with Crippen molar-refractivity contribution >= 4 is 22.8 Å². The van der Waals surface area contributed by atoms with Gasteiger partial charge >= 0.3 is 5.69 Å². The molecule has 2 aromatic rings. The van der Waals surface area contributed by atoms with Crippen LogP contribution in [0.15, 0.2) is 12.3 Å². The maximum absolute atomic E-state index is 11.0. The van der Waals surface area contributed by atoms with Gasteiger partial charge in [0.25, 0.3) is 0 Å². The molecule has 20 heavy (non-hydrogen) atoms. The van der Waals surface area contributed by atoms with Gasteiger partial charge in [-0.3, -0.25) is 10.1 Å². The number of aromatic nitrogens is 3. The van der Waals surface area contributed by atoms with Crippen molar-refractivity contribution in [2.45, 2.75) is 33.2 Å². The Morgan fingerprint density at radius 1 is 1.45 bits per heavy atom. The largest absolute Gasteiger partial charge is 0.358 e. The Morgan fingerprint density at radius 3 is 2.80 bits per heavy atom. The molecular formula is C12H15N5O2S. The average Bonchev–Trinajstić information content (AvgIpc) is 2.84. The molecule has 0 aliphatic carbocycles. The molecule has 0 saturated carbocycles. The van der Waals surface area contributed by atoms with Crippen molar-refractivity contribution in [3.63, 3.8) is 0 Å². The first-order valence-electron chi connectivity index (χ1n) is 6.15. The highest BCUT2D eigenvalue weighted by Gasteiger charge is 2.18. The molecule has 0 fully saturated rings. The summed E-state index contributed by atoms with van der Waals surface area (Å²) in [6, 6.07) is 1.62. The van der Waals surface area contributed by atoms with E-state index >= 15 is 0 Å². The molecule has 0 aliphatic heterocycles. The molecule has 8 heteroatoms. The van der Waals surface area contributed by atoms with Gasteiger partial charge in [-0.25, -0.2) is 4.98 Å². The van der Waals surface area contributed by atoms with Gasteiger partial charge in [0, 0.05) is 17.7 Å². The summed E-state index contributed by atoms with van der Waals surface area (Å²) in [5, 5.41) is 23.9. The molecule has 2 aromatic heterocycles. The molecule has 2 heterocycles. The van der Waals surface area contributed by atoms with E-state index in [0.29, 0.717) is 18.0 Å². The lowest BCUT2D eigenvalue weighted by atomic mass is 10.2. The second-order valence-electron chi connectivity index (χ2n) is 4.62. The molecular weight excluding hydrogens is 278 g/mol. The molecule has 0 atom stereocenters. The van der Waals surface area contributed by atoms with Crippen LogP contribution in [0.2, 0.25) is 0 Å². The van der Waals surface area contributed by atoms with Gasteiger partial charge in [0.1, 0.15) is 10.0 Å². The molecule has 0 aliphatic rings. The summed E-state index contributed by atoms with van der Waals surface area (Å²) < 4.78 is 0. The highest BCUT2D eigenvalue weighted by Crippen LogP contribution is 2.26. The lowest BCUT2D eigenvalue weighted by molar-refractivity contribution is -0.384. The second-order valence-corrected chi connectivity index (χ2v) is 5.72. The molecule has 7 nitrogen and oxygen atoms in total. The average molecular weight is 293 g/mol. The highest BCUT2D eigenvalue weighted by atomic mass is 32.1. The first-order valence-corrected chi connectivity index (χ1v) is 6.97. The maximum atomic E-state index is 11.0. The first-order chi connectivity index (χ1) is 9.49. The first kappa shape index (κ1) is 14.3. The van der Waals surface area contributed by atoms with Gasteiger partial charge in [0.2, 0.25) is 5.82 Å². The van der Waals surface area contributed by atoms with Crippen molar-refractivity contribution in [2.24, 2.45) is 0 Å². The topological polar surface area (TPSA) is 93.8 Å². The fourth-order valence-corrected chi connectivity index (χ4v) is 2.43. The summed E-state index contributed by atoms with van der Waals surface area (Å²) in [6.07, 6.45) is 1.55. The number of pyridine rings is 1. The van der Waals surface area contributed by atoms with Crippen LogP contribution in [-0.4, -0.2) is 20.1 Å². The van der Waals surface area contributed by atoms with E-state index in [-0.39, 0.29) is 11.5 Å². The number of hydrogen-bond acceptors (Lipinski definition) is 7. The van der Waals surface area contributed by atoms with E-state index in [1.165, 1.54) is 11.3 Å². The maximum Gasteiger partial charge on any atom is 0.314 e. The molecule has 0 saturated heterocycles. The number of rotatable bonds is 5. The molecule has 0 aromatic carbocycles. The zero-order valence-corrected chi connectivity index (χ0v) is 12.3. The van der Waals surface area contributed by atoms with Crippen molar-refractivity contribution in [1.82, 2.24) is 15.2 Å². The van der Waals surface area contributed by atoms with Gasteiger partial charge in [-0.15, -0.1) is 10.2 Å². The normalized spacial score (nSPS) is 10.8. The summed E-state index contributed by atoms with van der Waals surface area (Å²) >= 11 is 1.50. The smallest absolute Gasteiger partial charge is 0.314 e. The summed E-state index contributed by atoms with van der Waals surface area (Å²) in [6.45, 7) is 6.16. The minimum atomic E-state index is -0.426. The second kappa shape index (κ2) is 5.91. The van der Waals surface area contributed by atoms with Gasteiger partial charge in [0.05, 0.1) is 11.5 Å². The van der Waals surface area contributed by atoms with Crippen LogP contribution in [-0.2, 0) is 6.54 Å². The Bertz CT molecular complexity index is 626. The number of anilines is 1. The Kier molecular flexibility index (Phi) is 4.23. The van der Waals surface area contributed by atoms with Gasteiger partial charge in [-0.1, -0.05) is 25.2 Å². The van der Waals surface area contributed by atoms with Crippen LogP contribution in [0.4, 0.5) is 11.5 Å². The SMILES string of the molecule is Cc1ccnc(NCc2nnc(C(C)C)s2)c1[N+](=O)[O-]. The Hall–Kier alpha value is -2.09. The monoisotopic (exact) mass is 293 g/mol. The number of aryl methyl sites for hydroxylation is 1. The quantitative estimate of drug-likeness (QED) is 0.673. The van der Waals surface area contributed by atoms with Crippen molar-refractivity contribution in [2.75, 3.05) is 5.32 Å². The number of hydrogen-bond donors (Lipinski definition) is 1. The van der Waals surface area contributed by atoms with Crippen molar-refractivity contribution in [1.29, 1.82) is 0 Å². The van der Waals surface area contributed by atoms with E-state index in [0.717, 1.165) is 10.0 Å². The highest BCUT2D eigenvalue weighted by molar-refractivity contribution is 7.11. The van der Waals surface area contributed by atoms with E-state index in [1.54, 1.807) is 19.2 Å². The van der Waals surface area contributed by atoms with Crippen LogP contribution in [0.1, 0.15) is 35.3 Å². The van der Waals surface area contributed by atoms with E-state index in [9.17, 15) is 10.1 Å². The van der Waals surface area contributed by atoms with Crippen LogP contribution in [0.25, 0.3) is 0 Å². The predicted octanol–water partition coefficient (Wildman–Crippen LogP) is 2.89. The van der Waals surface area contributed by atoms with E-state index in [2.05, 4.69) is 20.5 Å². The number of nitrogens with one attached hydrogen (secondary N) is 1. The van der Waals surface area contributed by atoms with Crippen LogP contribution >= 0.6 is 11.3 Å². The fourth-order valence-electron chi connectivity index (χ4n) is 1.64. The third kappa shape index (κ3) is 3.08. The van der Waals surface area contributed by atoms with Gasteiger partial charge in [-0.05, 0) is 13.0 Å². The molecule has 0 unspecified atom stereocenters. The summed E-state index contributed by atoms with van der Waals surface area (Å²) in [5.41, 5.74) is 0.578. The molecule has 2 rings (SSSR count). The Balaban J connectivity index is 2.14. The van der Waals surface area contributed by atoms with Crippen molar-refractivity contribution < 1.29 is 4.92 Å². The zero-order valence-electron chi connectivity index (χ0n) is 11.5. The fraction of sp³-hybridized carbons (Fsp3) is 0.417. The Morgan fingerprint density at radius 2 is 2.20 bits per heavy atom. The third-order valence-corrected chi connectivity index (χ3v) is 3.92. The van der Waals surface area contributed by atoms with Gasteiger partial charge in [-0.2, -0.15) is 0 Å². The molecule has 0 radical (unpaired) electrons. The van der Waals surface area contributed by atoms with E-state index in [1.807, 2.05) is 13.8 Å². The third-order valence-electron chi connectivity index (χ3n) is 2.69. The lowest BCUT2D eigenvalue weighted by Gasteiger charge is -2.05. The van der Waals surface area contributed by atoms with Crippen molar-refractivity contribution in [3.8, 4) is 0 Å². The van der Waals surface area contributed by atoms with E-state index < -0.39 is 4.92 Å². The van der Waals surface area contributed by atoms with Crippen LogP contribution in [0.3, 0.4) is 0 Å². The molecule has 0 spiro atoms. The van der Waals surface area contributed by atoms with Gasteiger partial charge < -0.3 is 5.32 Å². The Labute approximate surface area is 120 Å². The predicted molar refractivity (Wildman–Crippen MR) is 77.0 cm³/mol. The standard InChI is InChI=1S/C12H15N5O2S/c1-7(2)12-16-15-9(20-12)6-14-11-10(17(18)19)8(3)4-5-13-11/h4-5,7H,6H2,1-3H3,(H,13,14). The minimum Gasteiger partial charge on any atom is -0.358 e. The lowest BCUT2D eigenvalue weighted by Crippen LogP contribution is -2.05. The summed E-state index contributed by atoms with van der Waals surface area (Å²) in [4.78, 5) is 14.6. The summed E-state index contributed by atoms with van der Waals surface area (Å²) in [5.74, 6) is 0.587. The van der Waals surface area contributed by atoms with Gasteiger partial charge in [0.15, 0.2) is 0 Å². The van der Waals surface area contributed by atoms with Crippen LogP contribution in [0.5, 0.6) is 0 Å². The van der Waals surface area contributed by atoms with Crippen LogP contribution in [0, 0.1) is 17.0 Å². The molecule has 106 valence electrons. The minimum absolute atomic E-state index is 0.00102. The molecule has 1 N–H and O–H groups in total.